The fraction of sp³-hybridized carbons (Fsp3) is 0. The Morgan fingerprint density at radius 2 is 2.11 bits per heavy atom. The molecule has 18 heavy (non-hydrogen) atoms. The molecule has 0 aliphatic rings. The van der Waals surface area contributed by atoms with Gasteiger partial charge < -0.3 is 5.73 Å². The molecule has 0 fully saturated rings. The van der Waals surface area contributed by atoms with E-state index in [1.54, 1.807) is 17.6 Å². The summed E-state index contributed by atoms with van der Waals surface area (Å²) in [7, 11) is 0. The molecule has 0 saturated heterocycles. The van der Waals surface area contributed by atoms with Crippen molar-refractivity contribution in [3.8, 4) is 10.4 Å². The lowest BCUT2D eigenvalue weighted by Gasteiger charge is -1.99. The molecule has 0 spiro atoms. The first-order chi connectivity index (χ1) is 8.66. The van der Waals surface area contributed by atoms with Gasteiger partial charge in [-0.2, -0.15) is 5.10 Å². The van der Waals surface area contributed by atoms with Crippen molar-refractivity contribution in [2.75, 3.05) is 0 Å². The lowest BCUT2D eigenvalue weighted by Crippen LogP contribution is -2.23. The Labute approximate surface area is 119 Å². The van der Waals surface area contributed by atoms with Gasteiger partial charge in [-0.15, -0.1) is 11.3 Å². The summed E-state index contributed by atoms with van der Waals surface area (Å²) in [6.45, 7) is 0. The molecule has 3 nitrogen and oxygen atoms in total. The highest BCUT2D eigenvalue weighted by atomic mass is 35.5. The number of thiophene rings is 1. The second-order valence-corrected chi connectivity index (χ2v) is 5.38. The van der Waals surface area contributed by atoms with Crippen molar-refractivity contribution >= 4 is 46.5 Å². The molecule has 0 atom stereocenters. The zero-order valence-corrected chi connectivity index (χ0v) is 11.6. The maximum atomic E-state index is 6.14. The predicted molar refractivity (Wildman–Crippen MR) is 82.3 cm³/mol. The minimum Gasteiger partial charge on any atom is -0.375 e. The summed E-state index contributed by atoms with van der Waals surface area (Å²) in [6.07, 6.45) is 1.67. The van der Waals surface area contributed by atoms with Gasteiger partial charge in [0.2, 0.25) is 0 Å². The highest BCUT2D eigenvalue weighted by Crippen LogP contribution is 2.32. The molecule has 1 heterocycles. The van der Waals surface area contributed by atoms with E-state index in [2.05, 4.69) is 22.7 Å². The molecule has 1 aromatic heterocycles. The van der Waals surface area contributed by atoms with Gasteiger partial charge in [0.05, 0.1) is 6.21 Å². The summed E-state index contributed by atoms with van der Waals surface area (Å²) in [4.78, 5) is 2.09. The second-order valence-electron chi connectivity index (χ2n) is 3.42. The molecule has 3 N–H and O–H groups in total. The first-order valence-electron chi connectivity index (χ1n) is 5.10. The average molecular weight is 296 g/mol. The molecule has 2 aromatic rings. The van der Waals surface area contributed by atoms with E-state index >= 15 is 0 Å². The van der Waals surface area contributed by atoms with Gasteiger partial charge in [0.1, 0.15) is 0 Å². The molecule has 0 amide bonds. The number of nitrogens with zero attached hydrogens (tertiary/aromatic N) is 1. The number of nitrogens with two attached hydrogens (primary N) is 1. The minimum absolute atomic E-state index is 0.147. The van der Waals surface area contributed by atoms with Crippen LogP contribution in [0.1, 0.15) is 4.88 Å². The number of halogens is 1. The molecule has 0 unspecified atom stereocenters. The van der Waals surface area contributed by atoms with Crippen molar-refractivity contribution in [2.45, 2.75) is 0 Å². The van der Waals surface area contributed by atoms with Crippen molar-refractivity contribution < 1.29 is 0 Å². The third-order valence-electron chi connectivity index (χ3n) is 2.13. The van der Waals surface area contributed by atoms with Crippen molar-refractivity contribution in [1.29, 1.82) is 0 Å². The highest BCUT2D eigenvalue weighted by molar-refractivity contribution is 7.80. The molecular weight excluding hydrogens is 286 g/mol. The predicted octanol–water partition coefficient (Wildman–Crippen LogP) is 3.24. The summed E-state index contributed by atoms with van der Waals surface area (Å²) in [6, 6.07) is 11.7. The lowest BCUT2D eigenvalue weighted by molar-refractivity contribution is 1.04. The standard InChI is InChI=1S/C12H10ClN3S2/c13-10-4-2-1-3-9(10)11-6-5-8(18-11)7-15-16-12(14)17/h1-7H,(H3,14,16,17). The Hall–Kier alpha value is -1.43. The maximum Gasteiger partial charge on any atom is 0.184 e. The Morgan fingerprint density at radius 3 is 2.83 bits per heavy atom. The third-order valence-corrected chi connectivity index (χ3v) is 3.61. The van der Waals surface area contributed by atoms with Crippen molar-refractivity contribution in [3.05, 3.63) is 46.3 Å². The Morgan fingerprint density at radius 1 is 1.33 bits per heavy atom. The second kappa shape index (κ2) is 5.95. The number of benzene rings is 1. The summed E-state index contributed by atoms with van der Waals surface area (Å²) >= 11 is 12.4. The largest absolute Gasteiger partial charge is 0.375 e. The van der Waals surface area contributed by atoms with E-state index in [-0.39, 0.29) is 5.11 Å². The van der Waals surface area contributed by atoms with Crippen LogP contribution in [0.15, 0.2) is 41.5 Å². The number of hydrogen-bond acceptors (Lipinski definition) is 3. The van der Waals surface area contributed by atoms with E-state index < -0.39 is 0 Å². The number of thiocarbonyl (C=S) groups is 1. The van der Waals surface area contributed by atoms with Gasteiger partial charge >= 0.3 is 0 Å². The molecule has 0 saturated carbocycles. The van der Waals surface area contributed by atoms with Gasteiger partial charge in [0.25, 0.3) is 0 Å². The fourth-order valence-corrected chi connectivity index (χ4v) is 2.65. The van der Waals surface area contributed by atoms with Gasteiger partial charge in [-0.3, -0.25) is 5.43 Å². The molecule has 6 heteroatoms. The van der Waals surface area contributed by atoms with E-state index in [1.807, 2.05) is 36.4 Å². The van der Waals surface area contributed by atoms with Crippen LogP contribution in [0, 0.1) is 0 Å². The van der Waals surface area contributed by atoms with Crippen LogP contribution in [0.3, 0.4) is 0 Å². The number of nitrogens with one attached hydrogen (secondary N) is 1. The van der Waals surface area contributed by atoms with Gasteiger partial charge in [0, 0.05) is 20.3 Å². The molecule has 0 radical (unpaired) electrons. The Kier molecular flexibility index (Phi) is 4.30. The first kappa shape index (κ1) is 13.0. The monoisotopic (exact) mass is 295 g/mol. The van der Waals surface area contributed by atoms with E-state index in [9.17, 15) is 0 Å². The zero-order chi connectivity index (χ0) is 13.0. The summed E-state index contributed by atoms with van der Waals surface area (Å²) < 4.78 is 0. The molecule has 92 valence electrons. The Balaban J connectivity index is 2.18. The summed E-state index contributed by atoms with van der Waals surface area (Å²) in [5.74, 6) is 0. The normalized spacial score (nSPS) is 10.7. The van der Waals surface area contributed by atoms with Crippen LogP contribution in [-0.4, -0.2) is 11.3 Å². The maximum absolute atomic E-state index is 6.14. The van der Waals surface area contributed by atoms with Crippen LogP contribution in [0.2, 0.25) is 5.02 Å². The summed E-state index contributed by atoms with van der Waals surface area (Å²) in [5, 5.41) is 4.79. The molecular formula is C12H10ClN3S2. The number of hydrazone groups is 1. The van der Waals surface area contributed by atoms with E-state index in [4.69, 9.17) is 17.3 Å². The van der Waals surface area contributed by atoms with E-state index in [0.717, 1.165) is 20.3 Å². The topological polar surface area (TPSA) is 50.4 Å². The van der Waals surface area contributed by atoms with Crippen molar-refractivity contribution in [3.63, 3.8) is 0 Å². The van der Waals surface area contributed by atoms with E-state index in [0.29, 0.717) is 0 Å². The third kappa shape index (κ3) is 3.29. The molecule has 0 bridgehead atoms. The highest BCUT2D eigenvalue weighted by Gasteiger charge is 2.04. The SMILES string of the molecule is NC(=S)NN=Cc1ccc(-c2ccccc2Cl)s1. The van der Waals surface area contributed by atoms with Crippen LogP contribution in [0.5, 0.6) is 0 Å². The van der Waals surface area contributed by atoms with Crippen LogP contribution in [0.25, 0.3) is 10.4 Å². The number of rotatable bonds is 3. The molecule has 0 aliphatic carbocycles. The summed E-state index contributed by atoms with van der Waals surface area (Å²) in [5.41, 5.74) is 8.80. The van der Waals surface area contributed by atoms with Crippen LogP contribution < -0.4 is 11.2 Å². The van der Waals surface area contributed by atoms with Crippen LogP contribution in [-0.2, 0) is 0 Å². The molecule has 2 rings (SSSR count). The Bertz CT molecular complexity index is 593. The van der Waals surface area contributed by atoms with Crippen molar-refractivity contribution in [1.82, 2.24) is 5.43 Å². The van der Waals surface area contributed by atoms with Gasteiger partial charge in [-0.25, -0.2) is 0 Å². The van der Waals surface area contributed by atoms with Gasteiger partial charge in [-0.05, 0) is 30.4 Å². The minimum atomic E-state index is 0.147. The first-order valence-corrected chi connectivity index (χ1v) is 6.70. The zero-order valence-electron chi connectivity index (χ0n) is 9.26. The van der Waals surface area contributed by atoms with Gasteiger partial charge in [-0.1, -0.05) is 29.8 Å². The van der Waals surface area contributed by atoms with Crippen molar-refractivity contribution in [2.24, 2.45) is 10.8 Å². The fourth-order valence-electron chi connectivity index (χ4n) is 1.39. The van der Waals surface area contributed by atoms with E-state index in [1.165, 1.54) is 0 Å². The van der Waals surface area contributed by atoms with Crippen LogP contribution in [0.4, 0.5) is 0 Å². The molecule has 1 aromatic carbocycles. The lowest BCUT2D eigenvalue weighted by atomic mass is 10.2. The molecule has 0 aliphatic heterocycles. The average Bonchev–Trinajstić information content (AvgIpc) is 2.78. The van der Waals surface area contributed by atoms with Gasteiger partial charge in [0.15, 0.2) is 5.11 Å². The quantitative estimate of drug-likeness (QED) is 0.519. The number of hydrogen-bond donors (Lipinski definition) is 2. The van der Waals surface area contributed by atoms with Crippen LogP contribution >= 0.6 is 35.2 Å². The smallest absolute Gasteiger partial charge is 0.184 e.